The van der Waals surface area contributed by atoms with E-state index in [0.29, 0.717) is 25.4 Å². The van der Waals surface area contributed by atoms with E-state index in [1.807, 2.05) is 44.3 Å². The molecule has 7 heteroatoms. The van der Waals surface area contributed by atoms with Crippen molar-refractivity contribution in [1.82, 2.24) is 14.9 Å². The number of ether oxygens (including phenoxy) is 2. The van der Waals surface area contributed by atoms with Crippen LogP contribution in [0.3, 0.4) is 0 Å². The van der Waals surface area contributed by atoms with Crippen molar-refractivity contribution in [1.29, 1.82) is 5.26 Å². The molecule has 0 spiro atoms. The van der Waals surface area contributed by atoms with E-state index < -0.39 is 0 Å². The number of pyridine rings is 1. The summed E-state index contributed by atoms with van der Waals surface area (Å²) in [5, 5.41) is 15.3. The van der Waals surface area contributed by atoms with E-state index in [0.717, 1.165) is 55.1 Å². The van der Waals surface area contributed by atoms with Crippen LogP contribution in [-0.2, 0) is 29.7 Å². The van der Waals surface area contributed by atoms with Gasteiger partial charge in [-0.1, -0.05) is 36.9 Å². The van der Waals surface area contributed by atoms with Crippen LogP contribution in [0.1, 0.15) is 40.0 Å². The Morgan fingerprint density at radius 3 is 2.90 bits per heavy atom. The summed E-state index contributed by atoms with van der Waals surface area (Å²) in [5.74, 6) is -0.581. The lowest BCUT2D eigenvalue weighted by molar-refractivity contribution is 0.0952. The maximum atomic E-state index is 12.9. The highest BCUT2D eigenvalue weighted by atomic mass is 16.5. The molecule has 1 atom stereocenters. The third-order valence-electron chi connectivity index (χ3n) is 7.32. The van der Waals surface area contributed by atoms with Crippen molar-refractivity contribution in [3.8, 4) is 17.3 Å². The molecule has 0 aliphatic carbocycles. The zero-order chi connectivity index (χ0) is 28.2. The molecule has 0 saturated carbocycles. The van der Waals surface area contributed by atoms with E-state index in [1.54, 1.807) is 19.2 Å². The molecule has 0 radical (unpaired) electrons. The first-order chi connectivity index (χ1) is 19.4. The van der Waals surface area contributed by atoms with Crippen LogP contribution in [0, 0.1) is 11.3 Å². The number of carbonyl (C=O) groups excluding carboxylic acids is 1. The normalized spacial score (nSPS) is 15.6. The van der Waals surface area contributed by atoms with Crippen LogP contribution in [-0.4, -0.2) is 35.7 Å². The summed E-state index contributed by atoms with van der Waals surface area (Å²) in [6.45, 7) is 7.75. The van der Waals surface area contributed by atoms with Gasteiger partial charge in [-0.3, -0.25) is 4.79 Å². The highest BCUT2D eigenvalue weighted by Gasteiger charge is 2.22. The van der Waals surface area contributed by atoms with Crippen molar-refractivity contribution in [2.24, 2.45) is 7.05 Å². The molecule has 1 aliphatic rings. The lowest BCUT2D eigenvalue weighted by Crippen LogP contribution is -2.30. The van der Waals surface area contributed by atoms with Crippen LogP contribution >= 0.6 is 0 Å². The number of rotatable bonds is 7. The van der Waals surface area contributed by atoms with Crippen molar-refractivity contribution in [3.05, 3.63) is 99.7 Å². The van der Waals surface area contributed by atoms with Crippen LogP contribution in [0.25, 0.3) is 34.3 Å². The van der Waals surface area contributed by atoms with E-state index in [-0.39, 0.29) is 18.4 Å². The molecule has 1 aliphatic heterocycles. The minimum absolute atomic E-state index is 0.216. The number of amides is 1. The summed E-state index contributed by atoms with van der Waals surface area (Å²) in [5.41, 5.74) is 7.16. The van der Waals surface area contributed by atoms with Gasteiger partial charge in [0.25, 0.3) is 5.91 Å². The summed E-state index contributed by atoms with van der Waals surface area (Å²) in [4.78, 5) is 17.9. The van der Waals surface area contributed by atoms with Crippen LogP contribution in [0.5, 0.6) is 0 Å². The third-order valence-corrected chi connectivity index (χ3v) is 7.32. The average molecular weight is 533 g/mol. The molecule has 1 N–H and O–H groups in total. The smallest absolute Gasteiger partial charge is 0.251 e. The lowest BCUT2D eigenvalue weighted by atomic mass is 9.92. The largest absolute Gasteiger partial charge is 0.378 e. The molecule has 0 fully saturated rings. The Kier molecular flexibility index (Phi) is 7.92. The fourth-order valence-electron chi connectivity index (χ4n) is 5.14. The Morgan fingerprint density at radius 1 is 1.27 bits per heavy atom. The molecule has 3 heterocycles. The van der Waals surface area contributed by atoms with Gasteiger partial charge in [-0.2, -0.15) is 5.26 Å². The van der Waals surface area contributed by atoms with Crippen LogP contribution in [0.15, 0.2) is 66.7 Å². The Bertz CT molecular complexity index is 1780. The minimum atomic E-state index is -0.366. The maximum absolute atomic E-state index is 12.9. The third kappa shape index (κ3) is 5.32. The van der Waals surface area contributed by atoms with Gasteiger partial charge in [-0.05, 0) is 65.3 Å². The summed E-state index contributed by atoms with van der Waals surface area (Å²) in [6.07, 6.45) is 3.92. The summed E-state index contributed by atoms with van der Waals surface area (Å²) in [6, 6.07) is 20.1. The quantitative estimate of drug-likeness (QED) is 0.387. The monoisotopic (exact) mass is 532 g/mol. The number of nitriles is 1. The highest BCUT2D eigenvalue weighted by molar-refractivity contribution is 5.96. The molecule has 1 amide bonds. The molecule has 40 heavy (non-hydrogen) atoms. The van der Waals surface area contributed by atoms with Crippen LogP contribution in [0.2, 0.25) is 0 Å². The van der Waals surface area contributed by atoms with Gasteiger partial charge >= 0.3 is 0 Å². The predicted octanol–water partition coefficient (Wildman–Crippen LogP) is 4.09. The first kappa shape index (κ1) is 27.1. The molecule has 4 aromatic rings. The molecular formula is C33H32N4O3. The van der Waals surface area contributed by atoms with E-state index >= 15 is 0 Å². The summed E-state index contributed by atoms with van der Waals surface area (Å²) >= 11 is 0. The van der Waals surface area contributed by atoms with Gasteiger partial charge in [0.2, 0.25) is 0 Å². The van der Waals surface area contributed by atoms with Crippen LogP contribution < -0.4 is 15.9 Å². The molecule has 2 aromatic heterocycles. The summed E-state index contributed by atoms with van der Waals surface area (Å²) < 4.78 is 13.0. The summed E-state index contributed by atoms with van der Waals surface area (Å²) in [7, 11) is 3.74. The average Bonchev–Trinajstić information content (AvgIpc) is 3.30. The molecule has 202 valence electrons. The van der Waals surface area contributed by atoms with Crippen molar-refractivity contribution < 1.29 is 14.3 Å². The van der Waals surface area contributed by atoms with Crippen LogP contribution in [0.4, 0.5) is 0 Å². The molecule has 0 saturated heterocycles. The van der Waals surface area contributed by atoms with E-state index in [4.69, 9.17) is 14.5 Å². The van der Waals surface area contributed by atoms with Gasteiger partial charge in [0.15, 0.2) is 0 Å². The van der Waals surface area contributed by atoms with Gasteiger partial charge in [0.1, 0.15) is 0 Å². The fourth-order valence-corrected chi connectivity index (χ4v) is 5.14. The van der Waals surface area contributed by atoms with Gasteiger partial charge in [0.05, 0.1) is 42.9 Å². The van der Waals surface area contributed by atoms with Gasteiger partial charge in [0, 0.05) is 48.4 Å². The second kappa shape index (κ2) is 11.7. The number of benzene rings is 2. The van der Waals surface area contributed by atoms with E-state index in [2.05, 4.69) is 46.8 Å². The Hall–Kier alpha value is -4.51. The van der Waals surface area contributed by atoms with Crippen molar-refractivity contribution >= 4 is 29.0 Å². The number of hydrogen-bond acceptors (Lipinski definition) is 5. The Morgan fingerprint density at radius 2 is 2.12 bits per heavy atom. The van der Waals surface area contributed by atoms with E-state index in [1.165, 1.54) is 0 Å². The molecule has 2 aromatic carbocycles. The zero-order valence-electron chi connectivity index (χ0n) is 23.0. The molecule has 7 nitrogen and oxygen atoms in total. The number of hydrogen-bond donors (Lipinski definition) is 1. The first-order valence-electron chi connectivity index (χ1n) is 13.2. The topological polar surface area (TPSA) is 89.2 Å². The van der Waals surface area contributed by atoms with Crippen molar-refractivity contribution in [3.63, 3.8) is 0 Å². The second-order valence-corrected chi connectivity index (χ2v) is 9.92. The lowest BCUT2D eigenvalue weighted by Gasteiger charge is -2.21. The number of methoxy groups -OCH3 is 1. The fraction of sp³-hybridized carbons (Fsp3) is 0.242. The number of carbonyl (C=O) groups is 1. The standard InChI is InChI=1S/C33H32N4O3/c1-5-22-11-12-30(27-7-6-8-32-29(27)15-26(20-39-4)37(32)3)36-31(22)13-21(2)17-35-33(38)23-9-10-24-18-40-19-25(16-34)28(24)14-23/h5-15,25H,2,17-20H2,1,3-4H3,(H,35,38)/b22-5-,31-13+. The number of nitrogens with one attached hydrogen (secondary N) is 1. The Balaban J connectivity index is 1.39. The number of aromatic nitrogens is 2. The molecule has 0 bridgehead atoms. The number of aryl methyl sites for hydroxylation is 1. The predicted molar refractivity (Wildman–Crippen MR) is 157 cm³/mol. The molecule has 5 rings (SSSR count). The zero-order valence-corrected chi connectivity index (χ0v) is 23.0. The number of fused-ring (bicyclic) bond motifs is 2. The highest BCUT2D eigenvalue weighted by Crippen LogP contribution is 2.29. The van der Waals surface area contributed by atoms with Gasteiger partial charge in [-0.25, -0.2) is 4.98 Å². The Labute approximate surface area is 233 Å². The van der Waals surface area contributed by atoms with Crippen molar-refractivity contribution in [2.75, 3.05) is 20.3 Å². The van der Waals surface area contributed by atoms with Gasteiger partial charge in [-0.15, -0.1) is 0 Å². The molecule has 1 unspecified atom stereocenters. The molecular weight excluding hydrogens is 500 g/mol. The SMILES string of the molecule is C=C(/C=c1/nc(-c2cccc3c2cc(COC)n3C)cc/c1=C/C)CNC(=O)c1ccc2c(c1)C(C#N)COC2. The maximum Gasteiger partial charge on any atom is 0.251 e. The van der Waals surface area contributed by atoms with Crippen molar-refractivity contribution in [2.45, 2.75) is 26.1 Å². The first-order valence-corrected chi connectivity index (χ1v) is 13.2. The minimum Gasteiger partial charge on any atom is -0.378 e. The second-order valence-electron chi connectivity index (χ2n) is 9.92. The van der Waals surface area contributed by atoms with Gasteiger partial charge < -0.3 is 19.4 Å². The van der Waals surface area contributed by atoms with E-state index in [9.17, 15) is 10.1 Å². The number of nitrogens with zero attached hydrogens (tertiary/aromatic N) is 3.